The Hall–Kier alpha value is -3.71. The van der Waals surface area contributed by atoms with Crippen molar-refractivity contribution >= 4 is 44.3 Å². The topological polar surface area (TPSA) is 101 Å². The lowest BCUT2D eigenvalue weighted by molar-refractivity contribution is 0.0686. The van der Waals surface area contributed by atoms with Gasteiger partial charge in [-0.1, -0.05) is 24.3 Å². The monoisotopic (exact) mass is 404 g/mol. The molecule has 7 heteroatoms. The summed E-state index contributed by atoms with van der Waals surface area (Å²) in [7, 11) is -1.59. The highest BCUT2D eigenvalue weighted by Gasteiger charge is 2.28. The maximum atomic E-state index is 13.6. The molecule has 4 aromatic rings. The van der Waals surface area contributed by atoms with E-state index >= 15 is 0 Å². The third kappa shape index (κ3) is 2.59. The van der Waals surface area contributed by atoms with Crippen LogP contribution in [0.3, 0.4) is 0 Å². The number of hydrogen-bond acceptors (Lipinski definition) is 4. The highest BCUT2D eigenvalue weighted by Crippen LogP contribution is 2.46. The van der Waals surface area contributed by atoms with Gasteiger partial charge >= 0.3 is 11.9 Å². The van der Waals surface area contributed by atoms with Crippen LogP contribution in [-0.4, -0.2) is 26.4 Å². The summed E-state index contributed by atoms with van der Waals surface area (Å²) in [5.41, 5.74) is 0.291. The molecule has 0 spiro atoms. The number of benzene rings is 4. The lowest BCUT2D eigenvalue weighted by Crippen LogP contribution is -2.07. The second-order valence-corrected chi connectivity index (χ2v) is 7.99. The summed E-state index contributed by atoms with van der Waals surface area (Å²) in [4.78, 5) is 23.5. The summed E-state index contributed by atoms with van der Waals surface area (Å²) >= 11 is 0. The molecule has 1 heterocycles. The van der Waals surface area contributed by atoms with Gasteiger partial charge in [-0.25, -0.2) is 13.8 Å². The van der Waals surface area contributed by atoms with Crippen LogP contribution < -0.4 is 4.74 Å². The maximum Gasteiger partial charge on any atom is 0.335 e. The first-order chi connectivity index (χ1) is 13.9. The average molecular weight is 404 g/mol. The third-order valence-corrected chi connectivity index (χ3v) is 6.54. The molecule has 1 aliphatic heterocycles. The van der Waals surface area contributed by atoms with Crippen LogP contribution in [0, 0.1) is 0 Å². The van der Waals surface area contributed by atoms with Gasteiger partial charge in [-0.15, -0.1) is 0 Å². The molecule has 0 amide bonds. The fourth-order valence-electron chi connectivity index (χ4n) is 3.59. The predicted octanol–water partition coefficient (Wildman–Crippen LogP) is 4.66. The average Bonchev–Trinajstić information content (AvgIpc) is 2.72. The Bertz CT molecular complexity index is 1300. The van der Waals surface area contributed by atoms with Crippen molar-refractivity contribution in [2.75, 3.05) is 0 Å². The van der Waals surface area contributed by atoms with Crippen LogP contribution in [0.5, 0.6) is 11.5 Å². The van der Waals surface area contributed by atoms with Crippen LogP contribution in [0.15, 0.2) is 70.5 Å². The van der Waals surface area contributed by atoms with Crippen molar-refractivity contribution in [3.05, 3.63) is 71.8 Å². The van der Waals surface area contributed by atoms with Crippen LogP contribution in [-0.2, 0) is 10.8 Å². The Balaban J connectivity index is 1.75. The minimum Gasteiger partial charge on any atom is -0.478 e. The van der Waals surface area contributed by atoms with E-state index in [1.54, 1.807) is 36.4 Å². The van der Waals surface area contributed by atoms with Crippen LogP contribution in [0.4, 0.5) is 0 Å². The summed E-state index contributed by atoms with van der Waals surface area (Å²) in [6.45, 7) is 0. The van der Waals surface area contributed by atoms with Crippen LogP contribution in [0.25, 0.3) is 21.5 Å². The van der Waals surface area contributed by atoms with Gasteiger partial charge in [0.1, 0.15) is 11.5 Å². The SMILES string of the molecule is O=C(O)c1ccc2c3c(ccc2c1)Oc1ccc2cc(C(=O)O)ccc2c1S3=O. The Morgan fingerprint density at radius 2 is 1.14 bits per heavy atom. The van der Waals surface area contributed by atoms with Gasteiger partial charge < -0.3 is 14.9 Å². The highest BCUT2D eigenvalue weighted by atomic mass is 32.2. The van der Waals surface area contributed by atoms with E-state index in [-0.39, 0.29) is 11.1 Å². The van der Waals surface area contributed by atoms with Gasteiger partial charge in [0.05, 0.1) is 31.7 Å². The number of rotatable bonds is 2. The van der Waals surface area contributed by atoms with Gasteiger partial charge in [0.25, 0.3) is 0 Å². The molecule has 0 aliphatic carbocycles. The Labute approximate surface area is 166 Å². The van der Waals surface area contributed by atoms with E-state index in [0.29, 0.717) is 42.8 Å². The van der Waals surface area contributed by atoms with E-state index in [4.69, 9.17) is 4.74 Å². The zero-order valence-electron chi connectivity index (χ0n) is 14.7. The van der Waals surface area contributed by atoms with E-state index in [9.17, 15) is 24.0 Å². The molecule has 29 heavy (non-hydrogen) atoms. The number of carbonyl (C=O) groups is 2. The summed E-state index contributed by atoms with van der Waals surface area (Å²) in [5, 5.41) is 21.0. The molecule has 0 aromatic heterocycles. The second-order valence-electron chi connectivity index (χ2n) is 6.64. The van der Waals surface area contributed by atoms with Crippen molar-refractivity contribution in [3.8, 4) is 11.5 Å². The van der Waals surface area contributed by atoms with E-state index in [1.807, 2.05) is 0 Å². The number of aromatic carboxylic acids is 2. The number of carboxylic acids is 2. The second kappa shape index (κ2) is 6.15. The number of hydrogen-bond donors (Lipinski definition) is 2. The van der Waals surface area contributed by atoms with Gasteiger partial charge in [0, 0.05) is 10.8 Å². The van der Waals surface area contributed by atoms with E-state index < -0.39 is 22.7 Å². The minimum absolute atomic E-state index is 0.145. The molecule has 5 rings (SSSR count). The molecule has 0 fully saturated rings. The molecule has 0 unspecified atom stereocenters. The molecule has 1 aliphatic rings. The van der Waals surface area contributed by atoms with Crippen molar-refractivity contribution in [1.82, 2.24) is 0 Å². The van der Waals surface area contributed by atoms with Crippen LogP contribution >= 0.6 is 0 Å². The van der Waals surface area contributed by atoms with Crippen molar-refractivity contribution in [3.63, 3.8) is 0 Å². The minimum atomic E-state index is -1.59. The number of ether oxygens (including phenoxy) is 1. The van der Waals surface area contributed by atoms with Crippen molar-refractivity contribution in [2.45, 2.75) is 9.79 Å². The van der Waals surface area contributed by atoms with Gasteiger partial charge in [0.15, 0.2) is 0 Å². The van der Waals surface area contributed by atoms with E-state index in [0.717, 1.165) is 0 Å². The zero-order chi connectivity index (χ0) is 20.3. The van der Waals surface area contributed by atoms with E-state index in [2.05, 4.69) is 0 Å². The lowest BCUT2D eigenvalue weighted by atomic mass is 10.1. The van der Waals surface area contributed by atoms with E-state index in [1.165, 1.54) is 24.3 Å². The summed E-state index contributed by atoms with van der Waals surface area (Å²) in [6, 6.07) is 16.1. The highest BCUT2D eigenvalue weighted by molar-refractivity contribution is 7.86. The molecular weight excluding hydrogens is 392 g/mol. The fourth-order valence-corrected chi connectivity index (χ4v) is 5.15. The third-order valence-electron chi connectivity index (χ3n) is 4.95. The fraction of sp³-hybridized carbons (Fsp3) is 0. The molecule has 6 nitrogen and oxygen atoms in total. The molecule has 0 radical (unpaired) electrons. The maximum absolute atomic E-state index is 13.6. The summed E-state index contributed by atoms with van der Waals surface area (Å²) in [5.74, 6) is -1.17. The molecule has 4 aromatic carbocycles. The molecule has 0 saturated heterocycles. The first-order valence-corrected chi connectivity index (χ1v) is 9.79. The summed E-state index contributed by atoms with van der Waals surface area (Å²) in [6.07, 6.45) is 0. The van der Waals surface area contributed by atoms with Crippen LogP contribution in [0.1, 0.15) is 20.7 Å². The van der Waals surface area contributed by atoms with Gasteiger partial charge in [-0.05, 0) is 47.2 Å². The van der Waals surface area contributed by atoms with Crippen molar-refractivity contribution in [1.29, 1.82) is 0 Å². The molecule has 0 saturated carbocycles. The lowest BCUT2D eigenvalue weighted by Gasteiger charge is -2.22. The molecular formula is C22H12O6S. The number of fused-ring (bicyclic) bond motifs is 6. The van der Waals surface area contributed by atoms with Gasteiger partial charge in [0.2, 0.25) is 0 Å². The first kappa shape index (κ1) is 17.4. The normalized spacial score (nSPS) is 13.0. The van der Waals surface area contributed by atoms with Crippen molar-refractivity contribution < 1.29 is 28.7 Å². The van der Waals surface area contributed by atoms with Crippen molar-refractivity contribution in [2.24, 2.45) is 0 Å². The predicted molar refractivity (Wildman–Crippen MR) is 107 cm³/mol. The Kier molecular flexibility index (Phi) is 3.69. The van der Waals surface area contributed by atoms with Crippen LogP contribution in [0.2, 0.25) is 0 Å². The first-order valence-electron chi connectivity index (χ1n) is 8.64. The number of carboxylic acid groups (broad SMARTS) is 2. The molecule has 2 N–H and O–H groups in total. The Morgan fingerprint density at radius 1 is 0.690 bits per heavy atom. The standard InChI is InChI=1S/C22H12O6S/c23-21(24)13-1-5-15-11(9-13)3-7-17-19(15)29(27)20-16-6-2-14(22(25)26)10-12(16)4-8-18(20)28-17/h1-10H,(H,23,24)(H,25,26). The largest absolute Gasteiger partial charge is 0.478 e. The molecule has 142 valence electrons. The quantitative estimate of drug-likeness (QED) is 0.444. The smallest absolute Gasteiger partial charge is 0.335 e. The van der Waals surface area contributed by atoms with Gasteiger partial charge in [-0.2, -0.15) is 0 Å². The molecule has 0 bridgehead atoms. The zero-order valence-corrected chi connectivity index (χ0v) is 15.5. The molecule has 0 atom stereocenters. The van der Waals surface area contributed by atoms with Gasteiger partial charge in [-0.3, -0.25) is 0 Å². The Morgan fingerprint density at radius 3 is 1.55 bits per heavy atom. The summed E-state index contributed by atoms with van der Waals surface area (Å²) < 4.78 is 19.6.